The third kappa shape index (κ3) is 3.17. The number of rotatable bonds is 3. The quantitative estimate of drug-likeness (QED) is 0.758. The van der Waals surface area contributed by atoms with Crippen LogP contribution in [0.3, 0.4) is 0 Å². The maximum absolute atomic E-state index is 5.22. The molecule has 0 saturated heterocycles. The summed E-state index contributed by atoms with van der Waals surface area (Å²) >= 11 is 1.65. The Kier molecular flexibility index (Phi) is 4.38. The second kappa shape index (κ2) is 6.84. The molecule has 3 heterocycles. The molecule has 0 saturated carbocycles. The summed E-state index contributed by atoms with van der Waals surface area (Å²) in [6.45, 7) is 6.03. The van der Waals surface area contributed by atoms with Crippen LogP contribution >= 0.6 is 11.8 Å². The minimum Gasteiger partial charge on any atom is -0.360 e. The number of hydrazone groups is 1. The monoisotopic (exact) mass is 365 g/mol. The largest absolute Gasteiger partial charge is 0.360 e. The fourth-order valence-electron chi connectivity index (χ4n) is 3.00. The van der Waals surface area contributed by atoms with Crippen molar-refractivity contribution in [3.05, 3.63) is 65.2 Å². The number of nitrogens with zero attached hydrogens (tertiary/aromatic N) is 4. The molecule has 6 nitrogen and oxygen atoms in total. The topological polar surface area (TPSA) is 67.7 Å². The zero-order valence-corrected chi connectivity index (χ0v) is 15.7. The molecule has 0 amide bonds. The van der Waals surface area contributed by atoms with Crippen molar-refractivity contribution in [2.75, 3.05) is 5.75 Å². The molecule has 1 aliphatic rings. The first kappa shape index (κ1) is 16.7. The molecular weight excluding hydrogens is 346 g/mol. The minimum absolute atomic E-state index is 0.765. The number of aromatic nitrogens is 2. The molecule has 7 heteroatoms. The average Bonchev–Trinajstić information content (AvgIpc) is 3.19. The smallest absolute Gasteiger partial charge is 0.182 e. The van der Waals surface area contributed by atoms with E-state index in [4.69, 9.17) is 4.52 Å². The van der Waals surface area contributed by atoms with E-state index in [2.05, 4.69) is 45.2 Å². The van der Waals surface area contributed by atoms with Crippen LogP contribution in [0.5, 0.6) is 0 Å². The summed E-state index contributed by atoms with van der Waals surface area (Å²) in [6, 6.07) is 13.9. The zero-order valence-electron chi connectivity index (χ0n) is 14.9. The molecule has 2 aromatic heterocycles. The van der Waals surface area contributed by atoms with Gasteiger partial charge < -0.3 is 4.52 Å². The number of thioether (sulfide) groups is 1. The normalized spacial score (nSPS) is 15.8. The first-order valence-electron chi connectivity index (χ1n) is 8.34. The van der Waals surface area contributed by atoms with Crippen LogP contribution < -0.4 is 5.43 Å². The first-order chi connectivity index (χ1) is 12.6. The predicted molar refractivity (Wildman–Crippen MR) is 106 cm³/mol. The number of aryl methyl sites for hydroxylation is 2. The van der Waals surface area contributed by atoms with E-state index in [-0.39, 0.29) is 0 Å². The maximum atomic E-state index is 5.22. The molecule has 4 rings (SSSR count). The second-order valence-corrected chi connectivity index (χ2v) is 7.09. The number of nitrogens with one attached hydrogen (secondary N) is 1. The molecule has 132 valence electrons. The maximum Gasteiger partial charge on any atom is 0.182 e. The van der Waals surface area contributed by atoms with Crippen LogP contribution in [0.4, 0.5) is 5.69 Å². The van der Waals surface area contributed by atoms with Crippen LogP contribution in [0, 0.1) is 20.8 Å². The highest BCUT2D eigenvalue weighted by Gasteiger charge is 2.20. The Balaban J connectivity index is 1.61. The van der Waals surface area contributed by atoms with Crippen molar-refractivity contribution < 1.29 is 4.52 Å². The molecule has 3 aromatic rings. The van der Waals surface area contributed by atoms with E-state index in [1.807, 2.05) is 43.3 Å². The van der Waals surface area contributed by atoms with Crippen molar-refractivity contribution in [1.82, 2.24) is 15.1 Å². The summed E-state index contributed by atoms with van der Waals surface area (Å²) < 4.78 is 7.31. The third-order valence-corrected chi connectivity index (χ3v) is 5.08. The van der Waals surface area contributed by atoms with Gasteiger partial charge in [-0.05, 0) is 39.0 Å². The van der Waals surface area contributed by atoms with Crippen LogP contribution in [0.15, 0.2) is 57.1 Å². The Morgan fingerprint density at radius 1 is 1.15 bits per heavy atom. The van der Waals surface area contributed by atoms with Crippen molar-refractivity contribution in [2.45, 2.75) is 20.8 Å². The Hall–Kier alpha value is -2.80. The van der Waals surface area contributed by atoms with E-state index >= 15 is 0 Å². The Bertz CT molecular complexity index is 1000. The predicted octanol–water partition coefficient (Wildman–Crippen LogP) is 4.12. The number of hydrogen-bond donors (Lipinski definition) is 1. The summed E-state index contributed by atoms with van der Waals surface area (Å²) in [5.74, 6) is 2.36. The lowest BCUT2D eigenvalue weighted by atomic mass is 10.1. The molecule has 0 fully saturated rings. The molecule has 0 aliphatic carbocycles. The van der Waals surface area contributed by atoms with Gasteiger partial charge >= 0.3 is 0 Å². The standard InChI is InChI=1S/C19H19N5OS/c1-12-9-16(14(3)24(12)18-10-13(2)25-23-18)17-11-26-19(22-21-17)20-15-7-5-4-6-8-15/h4-10H,11H2,1-3H3,(H,20,22). The van der Waals surface area contributed by atoms with Crippen LogP contribution in [0.1, 0.15) is 22.7 Å². The molecule has 0 bridgehead atoms. The van der Waals surface area contributed by atoms with Gasteiger partial charge in [-0.25, -0.2) is 4.99 Å². The van der Waals surface area contributed by atoms with Gasteiger partial charge in [0.2, 0.25) is 0 Å². The van der Waals surface area contributed by atoms with Crippen molar-refractivity contribution in [3.8, 4) is 5.82 Å². The summed E-state index contributed by atoms with van der Waals surface area (Å²) in [6.07, 6.45) is 0. The van der Waals surface area contributed by atoms with Crippen LogP contribution in [-0.2, 0) is 0 Å². The van der Waals surface area contributed by atoms with Gasteiger partial charge in [-0.3, -0.25) is 9.99 Å². The Morgan fingerprint density at radius 2 is 1.96 bits per heavy atom. The van der Waals surface area contributed by atoms with E-state index < -0.39 is 0 Å². The van der Waals surface area contributed by atoms with Gasteiger partial charge in [-0.2, -0.15) is 5.10 Å². The van der Waals surface area contributed by atoms with Crippen molar-refractivity contribution in [1.29, 1.82) is 0 Å². The molecule has 0 radical (unpaired) electrons. The van der Waals surface area contributed by atoms with Gasteiger partial charge in [0, 0.05) is 28.8 Å². The zero-order chi connectivity index (χ0) is 18.1. The molecule has 1 aliphatic heterocycles. The highest BCUT2D eigenvalue weighted by Crippen LogP contribution is 2.24. The lowest BCUT2D eigenvalue weighted by Gasteiger charge is -2.15. The lowest BCUT2D eigenvalue weighted by molar-refractivity contribution is 0.394. The Morgan fingerprint density at radius 3 is 2.62 bits per heavy atom. The summed E-state index contributed by atoms with van der Waals surface area (Å²) in [5.41, 5.74) is 8.30. The summed E-state index contributed by atoms with van der Waals surface area (Å²) in [5, 5.41) is 9.49. The van der Waals surface area contributed by atoms with Crippen LogP contribution in [0.25, 0.3) is 5.82 Å². The van der Waals surface area contributed by atoms with Gasteiger partial charge in [0.15, 0.2) is 11.0 Å². The Labute approximate surface area is 156 Å². The molecule has 26 heavy (non-hydrogen) atoms. The highest BCUT2D eigenvalue weighted by molar-refractivity contribution is 8.14. The third-order valence-electron chi connectivity index (χ3n) is 4.21. The molecule has 0 atom stereocenters. The van der Waals surface area contributed by atoms with Gasteiger partial charge in [-0.1, -0.05) is 35.1 Å². The summed E-state index contributed by atoms with van der Waals surface area (Å²) in [7, 11) is 0. The van der Waals surface area contributed by atoms with E-state index in [1.165, 1.54) is 0 Å². The van der Waals surface area contributed by atoms with Gasteiger partial charge in [0.1, 0.15) is 5.76 Å². The highest BCUT2D eigenvalue weighted by atomic mass is 32.2. The number of amidine groups is 1. The number of para-hydroxylation sites is 1. The van der Waals surface area contributed by atoms with E-state index in [0.717, 1.165) is 50.8 Å². The number of benzene rings is 1. The van der Waals surface area contributed by atoms with E-state index in [1.54, 1.807) is 11.8 Å². The SMILES string of the molecule is Cc1cc(-n2c(C)cc(C3=NNC(=Nc4ccccc4)SC3)c2C)no1. The fraction of sp³-hybridized carbons (Fsp3) is 0.211. The van der Waals surface area contributed by atoms with E-state index in [9.17, 15) is 0 Å². The van der Waals surface area contributed by atoms with Gasteiger partial charge in [0.25, 0.3) is 0 Å². The molecular formula is C19H19N5OS. The summed E-state index contributed by atoms with van der Waals surface area (Å²) in [4.78, 5) is 4.58. The van der Waals surface area contributed by atoms with Gasteiger partial charge in [0.05, 0.1) is 11.4 Å². The number of hydrogen-bond acceptors (Lipinski definition) is 5. The van der Waals surface area contributed by atoms with Crippen molar-refractivity contribution in [3.63, 3.8) is 0 Å². The molecule has 1 N–H and O–H groups in total. The first-order valence-corrected chi connectivity index (χ1v) is 9.32. The van der Waals surface area contributed by atoms with Gasteiger partial charge in [-0.15, -0.1) is 0 Å². The molecule has 1 aromatic carbocycles. The second-order valence-electron chi connectivity index (χ2n) is 6.13. The van der Waals surface area contributed by atoms with E-state index in [0.29, 0.717) is 0 Å². The van der Waals surface area contributed by atoms with Crippen LogP contribution in [-0.4, -0.2) is 26.4 Å². The average molecular weight is 365 g/mol. The van der Waals surface area contributed by atoms with Crippen molar-refractivity contribution >= 4 is 28.3 Å². The lowest BCUT2D eigenvalue weighted by Crippen LogP contribution is -2.25. The molecule has 0 unspecified atom stereocenters. The minimum atomic E-state index is 0.765. The fourth-order valence-corrected chi connectivity index (χ4v) is 3.77. The van der Waals surface area contributed by atoms with Crippen LogP contribution in [0.2, 0.25) is 0 Å². The van der Waals surface area contributed by atoms with Crippen molar-refractivity contribution in [2.24, 2.45) is 10.1 Å². The number of aliphatic imine (C=N–C) groups is 1. The molecule has 0 spiro atoms.